The molecule has 0 bridgehead atoms. The fourth-order valence-corrected chi connectivity index (χ4v) is 2.48. The van der Waals surface area contributed by atoms with Crippen LogP contribution < -0.4 is 0 Å². The van der Waals surface area contributed by atoms with Gasteiger partial charge < -0.3 is 18.7 Å². The molecule has 2 aliphatic heterocycles. The lowest BCUT2D eigenvalue weighted by molar-refractivity contribution is -0.154. The Hall–Kier alpha value is -1.08. The van der Waals surface area contributed by atoms with Gasteiger partial charge in [-0.1, -0.05) is 6.32 Å². The number of hydrogen-bond donors (Lipinski definition) is 0. The standard InChI is InChI=1S/C12H20BO6/c1-6-16-9(14)8-7-13(17-10(8)15)18-11(2,3)12(4,5)19-13/h8H,6-7H2,1-5H3/q-1. The second-order valence-corrected chi connectivity index (χ2v) is 6.02. The van der Waals surface area contributed by atoms with Gasteiger partial charge in [0.15, 0.2) is 0 Å². The van der Waals surface area contributed by atoms with Crippen LogP contribution in [-0.4, -0.2) is 36.5 Å². The zero-order chi connectivity index (χ0) is 14.5. The molecule has 0 saturated carbocycles. The Kier molecular flexibility index (Phi) is 3.18. The molecule has 6 nitrogen and oxygen atoms in total. The second-order valence-electron chi connectivity index (χ2n) is 6.02. The van der Waals surface area contributed by atoms with Crippen LogP contribution in [0.15, 0.2) is 0 Å². The van der Waals surface area contributed by atoms with Crippen LogP contribution in [0.3, 0.4) is 0 Å². The smallest absolute Gasteiger partial charge is 0.439 e. The Bertz CT molecular complexity index is 400. The molecule has 7 heteroatoms. The third-order valence-electron chi connectivity index (χ3n) is 4.07. The van der Waals surface area contributed by atoms with Crippen molar-refractivity contribution >= 4 is 18.7 Å². The first-order valence-corrected chi connectivity index (χ1v) is 6.57. The Morgan fingerprint density at radius 2 is 1.84 bits per heavy atom. The summed E-state index contributed by atoms with van der Waals surface area (Å²) >= 11 is 0. The highest BCUT2D eigenvalue weighted by Crippen LogP contribution is 2.47. The van der Waals surface area contributed by atoms with Crippen LogP contribution in [0.25, 0.3) is 0 Å². The molecule has 0 amide bonds. The van der Waals surface area contributed by atoms with E-state index in [0.29, 0.717) is 0 Å². The highest BCUT2D eigenvalue weighted by molar-refractivity contribution is 6.66. The molecule has 2 aliphatic rings. The zero-order valence-corrected chi connectivity index (χ0v) is 12.0. The van der Waals surface area contributed by atoms with Crippen molar-refractivity contribution < 1.29 is 28.3 Å². The number of carbonyl (C=O) groups is 2. The summed E-state index contributed by atoms with van der Waals surface area (Å²) in [5.41, 5.74) is -1.20. The van der Waals surface area contributed by atoms with E-state index in [9.17, 15) is 9.59 Å². The SMILES string of the molecule is CCOC(=O)C1C[B-]2(OC1=O)OC(C)(C)C(C)(C)O2. The van der Waals surface area contributed by atoms with Gasteiger partial charge in [0.1, 0.15) is 5.92 Å². The molecular formula is C12H20BO6-. The van der Waals surface area contributed by atoms with Crippen molar-refractivity contribution in [3.63, 3.8) is 0 Å². The molecule has 0 aromatic heterocycles. The van der Waals surface area contributed by atoms with Gasteiger partial charge in [-0.15, -0.1) is 0 Å². The minimum atomic E-state index is -2.21. The number of esters is 1. The monoisotopic (exact) mass is 271 g/mol. The van der Waals surface area contributed by atoms with Crippen LogP contribution in [0.1, 0.15) is 34.6 Å². The molecule has 0 N–H and O–H groups in total. The summed E-state index contributed by atoms with van der Waals surface area (Å²) in [4.78, 5) is 23.5. The average molecular weight is 271 g/mol. The van der Waals surface area contributed by atoms with E-state index in [0.717, 1.165) is 0 Å². The van der Waals surface area contributed by atoms with Crippen molar-refractivity contribution in [3.05, 3.63) is 0 Å². The summed E-state index contributed by atoms with van der Waals surface area (Å²) in [6.07, 6.45) is 0.0878. The van der Waals surface area contributed by atoms with Gasteiger partial charge in [0.25, 0.3) is 5.97 Å². The largest absolute Gasteiger partial charge is 0.643 e. The van der Waals surface area contributed by atoms with Gasteiger partial charge in [-0.05, 0) is 34.6 Å². The minimum Gasteiger partial charge on any atom is -0.643 e. The summed E-state index contributed by atoms with van der Waals surface area (Å²) < 4.78 is 21.8. The molecule has 19 heavy (non-hydrogen) atoms. The summed E-state index contributed by atoms with van der Waals surface area (Å²) in [6, 6.07) is 0. The third-order valence-corrected chi connectivity index (χ3v) is 4.07. The van der Waals surface area contributed by atoms with Crippen LogP contribution in [-0.2, 0) is 28.3 Å². The lowest BCUT2D eigenvalue weighted by atomic mass is 9.72. The van der Waals surface area contributed by atoms with Gasteiger partial charge in [-0.2, -0.15) is 0 Å². The van der Waals surface area contributed by atoms with Gasteiger partial charge in [-0.25, -0.2) is 0 Å². The highest BCUT2D eigenvalue weighted by Gasteiger charge is 2.60. The van der Waals surface area contributed by atoms with E-state index in [-0.39, 0.29) is 12.9 Å². The summed E-state index contributed by atoms with van der Waals surface area (Å²) in [5.74, 6) is -2.17. The van der Waals surface area contributed by atoms with Crippen molar-refractivity contribution in [3.8, 4) is 0 Å². The van der Waals surface area contributed by atoms with Crippen LogP contribution in [0, 0.1) is 5.92 Å². The number of hydrogen-bond acceptors (Lipinski definition) is 6. The Morgan fingerprint density at radius 3 is 2.32 bits per heavy atom. The first kappa shape index (κ1) is 14.3. The predicted octanol–water partition coefficient (Wildman–Crippen LogP) is 1.27. The molecule has 2 saturated heterocycles. The molecule has 108 valence electrons. The molecule has 2 rings (SSSR count). The molecular weight excluding hydrogens is 251 g/mol. The summed E-state index contributed by atoms with van der Waals surface area (Å²) in [6.45, 7) is 7.18. The average Bonchev–Trinajstić information content (AvgIpc) is 2.61. The maximum Gasteiger partial charge on any atom is 0.439 e. The van der Waals surface area contributed by atoms with Crippen LogP contribution in [0.4, 0.5) is 0 Å². The second kappa shape index (κ2) is 4.21. The van der Waals surface area contributed by atoms with Gasteiger partial charge in [0.05, 0.1) is 6.61 Å². The molecule has 0 radical (unpaired) electrons. The van der Waals surface area contributed by atoms with Crippen molar-refractivity contribution in [2.45, 2.75) is 52.1 Å². The molecule has 1 spiro atoms. The maximum absolute atomic E-state index is 11.8. The number of ether oxygens (including phenoxy) is 1. The van der Waals surface area contributed by atoms with Gasteiger partial charge in [-0.3, -0.25) is 9.59 Å². The quantitative estimate of drug-likeness (QED) is 0.428. The van der Waals surface area contributed by atoms with E-state index in [4.69, 9.17) is 18.7 Å². The van der Waals surface area contributed by atoms with E-state index in [1.807, 2.05) is 27.7 Å². The van der Waals surface area contributed by atoms with Crippen molar-refractivity contribution in [1.82, 2.24) is 0 Å². The molecule has 0 aliphatic carbocycles. The van der Waals surface area contributed by atoms with Crippen LogP contribution in [0.5, 0.6) is 0 Å². The van der Waals surface area contributed by atoms with E-state index in [1.165, 1.54) is 0 Å². The molecule has 1 unspecified atom stereocenters. The Labute approximate surface area is 112 Å². The van der Waals surface area contributed by atoms with Gasteiger partial charge in [0.2, 0.25) is 0 Å². The zero-order valence-electron chi connectivity index (χ0n) is 12.0. The Balaban J connectivity index is 2.18. The minimum absolute atomic E-state index is 0.0878. The summed E-state index contributed by atoms with van der Waals surface area (Å²) in [5, 5.41) is 0. The molecule has 0 aromatic rings. The first-order chi connectivity index (χ1) is 8.62. The molecule has 0 aromatic carbocycles. The van der Waals surface area contributed by atoms with Crippen molar-refractivity contribution in [2.75, 3.05) is 6.61 Å². The molecule has 1 atom stereocenters. The van der Waals surface area contributed by atoms with E-state index in [1.54, 1.807) is 6.92 Å². The van der Waals surface area contributed by atoms with E-state index < -0.39 is 35.8 Å². The fourth-order valence-electron chi connectivity index (χ4n) is 2.48. The number of rotatable bonds is 2. The van der Waals surface area contributed by atoms with Crippen molar-refractivity contribution in [1.29, 1.82) is 0 Å². The fraction of sp³-hybridized carbons (Fsp3) is 0.833. The molecule has 2 fully saturated rings. The maximum atomic E-state index is 11.8. The lowest BCUT2D eigenvalue weighted by Gasteiger charge is -2.36. The first-order valence-electron chi connectivity index (χ1n) is 6.57. The van der Waals surface area contributed by atoms with Gasteiger partial charge in [0, 0.05) is 11.2 Å². The Morgan fingerprint density at radius 1 is 1.32 bits per heavy atom. The lowest BCUT2D eigenvalue weighted by Crippen LogP contribution is -2.41. The van der Waals surface area contributed by atoms with Crippen LogP contribution >= 0.6 is 0 Å². The highest BCUT2D eigenvalue weighted by atomic mass is 16.8. The predicted molar refractivity (Wildman–Crippen MR) is 67.1 cm³/mol. The number of carbonyl (C=O) groups excluding carboxylic acids is 2. The molecule has 2 heterocycles. The summed E-state index contributed by atoms with van der Waals surface area (Å²) in [7, 11) is 0. The van der Waals surface area contributed by atoms with Gasteiger partial charge >= 0.3 is 12.7 Å². The van der Waals surface area contributed by atoms with Crippen LogP contribution in [0.2, 0.25) is 6.32 Å². The normalized spacial score (nSPS) is 30.4. The van der Waals surface area contributed by atoms with E-state index in [2.05, 4.69) is 0 Å². The topological polar surface area (TPSA) is 71.1 Å². The third kappa shape index (κ3) is 2.25. The van der Waals surface area contributed by atoms with E-state index >= 15 is 0 Å². The van der Waals surface area contributed by atoms with Crippen molar-refractivity contribution in [2.24, 2.45) is 5.92 Å².